The van der Waals surface area contributed by atoms with Gasteiger partial charge in [0.25, 0.3) is 5.91 Å². The van der Waals surface area contributed by atoms with Crippen LogP contribution in [-0.2, 0) is 6.18 Å². The van der Waals surface area contributed by atoms with E-state index in [1.54, 1.807) is 17.0 Å². The molecule has 1 unspecified atom stereocenters. The molecule has 4 aromatic rings. The van der Waals surface area contributed by atoms with Gasteiger partial charge in [-0.2, -0.15) is 13.2 Å². The first-order valence-corrected chi connectivity index (χ1v) is 12.6. The summed E-state index contributed by atoms with van der Waals surface area (Å²) in [4.78, 5) is 16.8. The van der Waals surface area contributed by atoms with Gasteiger partial charge in [-0.3, -0.25) is 9.36 Å². The average molecular weight is 531 g/mol. The topological polar surface area (TPSA) is 91.4 Å². The number of halogens is 3. The lowest BCUT2D eigenvalue weighted by Crippen LogP contribution is -2.34. The van der Waals surface area contributed by atoms with Crippen LogP contribution in [0, 0.1) is 0 Å². The molecule has 2 aromatic heterocycles. The van der Waals surface area contributed by atoms with Gasteiger partial charge in [0.1, 0.15) is 39.9 Å². The smallest absolute Gasteiger partial charge is 0.416 e. The Bertz CT molecular complexity index is 1430. The summed E-state index contributed by atoms with van der Waals surface area (Å²) in [5.41, 5.74) is 6.25. The van der Waals surface area contributed by atoms with E-state index in [0.29, 0.717) is 10.8 Å². The molecule has 1 fully saturated rings. The number of nitrogens with one attached hydrogen (secondary N) is 1. The average Bonchev–Trinajstić information content (AvgIpc) is 3.48. The van der Waals surface area contributed by atoms with Gasteiger partial charge in [0, 0.05) is 17.7 Å². The lowest BCUT2D eigenvalue weighted by molar-refractivity contribution is -0.139. The van der Waals surface area contributed by atoms with E-state index in [2.05, 4.69) is 10.3 Å². The van der Waals surface area contributed by atoms with E-state index >= 15 is 0 Å². The minimum absolute atomic E-state index is 0.0362. The lowest BCUT2D eigenvalue weighted by atomic mass is 10.0. The zero-order chi connectivity index (χ0) is 26.2. The number of hydrogen-bond donors (Lipinski definition) is 2. The van der Waals surface area contributed by atoms with Crippen molar-refractivity contribution in [1.29, 1.82) is 0 Å². The predicted molar refractivity (Wildman–Crippen MR) is 134 cm³/mol. The van der Waals surface area contributed by atoms with Crippen molar-refractivity contribution in [3.05, 3.63) is 70.9 Å². The zero-order valence-corrected chi connectivity index (χ0v) is 20.7. The van der Waals surface area contributed by atoms with E-state index in [4.69, 9.17) is 15.2 Å². The molecule has 37 heavy (non-hydrogen) atoms. The fraction of sp³-hybridized carbons (Fsp3) is 0.308. The van der Waals surface area contributed by atoms with Gasteiger partial charge < -0.3 is 20.5 Å². The van der Waals surface area contributed by atoms with Gasteiger partial charge in [0.15, 0.2) is 0 Å². The van der Waals surface area contributed by atoms with E-state index in [0.717, 1.165) is 54.4 Å². The summed E-state index contributed by atoms with van der Waals surface area (Å²) in [6, 6.07) is 12.4. The van der Waals surface area contributed by atoms with Crippen molar-refractivity contribution in [2.75, 3.05) is 13.1 Å². The van der Waals surface area contributed by atoms with Crippen LogP contribution in [0.15, 0.2) is 54.9 Å². The Hall–Kier alpha value is -3.57. The van der Waals surface area contributed by atoms with Crippen molar-refractivity contribution >= 4 is 28.3 Å². The van der Waals surface area contributed by atoms with Crippen molar-refractivity contribution in [3.8, 4) is 16.5 Å². The van der Waals surface area contributed by atoms with E-state index < -0.39 is 23.8 Å². The number of carbonyl (C=O) groups excluding carboxylic acids is 1. The zero-order valence-electron chi connectivity index (χ0n) is 19.9. The Morgan fingerprint density at radius 3 is 2.68 bits per heavy atom. The standard InChI is InChI=1S/C26H25F3N4O3S/c1-15(18-4-2-3-5-19(18)26(27,28)29)35-22-13-23(37-24(22)25(30)34)33-14-32-20-7-6-17(12-21(20)33)36-16-8-10-31-11-9-16/h2-7,12-16,31H,8-11H2,1H3,(H2,30,34). The number of piperidine rings is 1. The number of carbonyl (C=O) groups is 1. The Balaban J connectivity index is 1.46. The summed E-state index contributed by atoms with van der Waals surface area (Å²) in [7, 11) is 0. The van der Waals surface area contributed by atoms with Crippen molar-refractivity contribution < 1.29 is 27.4 Å². The Morgan fingerprint density at radius 2 is 1.95 bits per heavy atom. The van der Waals surface area contributed by atoms with Crippen LogP contribution in [0.3, 0.4) is 0 Å². The van der Waals surface area contributed by atoms with Crippen molar-refractivity contribution in [2.24, 2.45) is 5.73 Å². The third-order valence-electron chi connectivity index (χ3n) is 6.26. The number of nitrogens with two attached hydrogens (primary N) is 1. The van der Waals surface area contributed by atoms with Crippen LogP contribution in [-0.4, -0.2) is 34.7 Å². The summed E-state index contributed by atoms with van der Waals surface area (Å²) in [5, 5.41) is 3.89. The molecule has 11 heteroatoms. The molecule has 5 rings (SSSR count). The fourth-order valence-corrected chi connectivity index (χ4v) is 5.37. The molecule has 1 amide bonds. The second-order valence-electron chi connectivity index (χ2n) is 8.82. The second-order valence-corrected chi connectivity index (χ2v) is 9.85. The minimum Gasteiger partial charge on any atom is -0.490 e. The molecule has 0 radical (unpaired) electrons. The molecular formula is C26H25F3N4O3S. The van der Waals surface area contributed by atoms with E-state index in [1.165, 1.54) is 25.1 Å². The molecule has 3 heterocycles. The van der Waals surface area contributed by atoms with E-state index in [-0.39, 0.29) is 22.3 Å². The van der Waals surface area contributed by atoms with Crippen LogP contribution in [0.5, 0.6) is 11.5 Å². The highest BCUT2D eigenvalue weighted by molar-refractivity contribution is 7.16. The largest absolute Gasteiger partial charge is 0.490 e. The molecule has 2 aromatic carbocycles. The number of rotatable bonds is 7. The maximum atomic E-state index is 13.5. The van der Waals surface area contributed by atoms with Gasteiger partial charge in [-0.15, -0.1) is 11.3 Å². The molecule has 0 aliphatic carbocycles. The van der Waals surface area contributed by atoms with E-state index in [9.17, 15) is 18.0 Å². The molecule has 0 spiro atoms. The quantitative estimate of drug-likeness (QED) is 0.330. The highest BCUT2D eigenvalue weighted by Crippen LogP contribution is 2.39. The van der Waals surface area contributed by atoms with Gasteiger partial charge >= 0.3 is 6.18 Å². The van der Waals surface area contributed by atoms with Crippen molar-refractivity contribution in [1.82, 2.24) is 14.9 Å². The first-order chi connectivity index (χ1) is 17.7. The maximum Gasteiger partial charge on any atom is 0.416 e. The third-order valence-corrected chi connectivity index (χ3v) is 7.39. The Morgan fingerprint density at radius 1 is 1.19 bits per heavy atom. The van der Waals surface area contributed by atoms with Gasteiger partial charge in [-0.1, -0.05) is 18.2 Å². The second kappa shape index (κ2) is 10.1. The highest BCUT2D eigenvalue weighted by Gasteiger charge is 2.35. The predicted octanol–water partition coefficient (Wildman–Crippen LogP) is 5.48. The third kappa shape index (κ3) is 5.28. The number of ether oxygens (including phenoxy) is 2. The first-order valence-electron chi connectivity index (χ1n) is 11.8. The number of imidazole rings is 1. The SMILES string of the molecule is CC(Oc1cc(-n2cnc3ccc(OC4CCNCC4)cc32)sc1C(N)=O)c1ccccc1C(F)(F)F. The van der Waals surface area contributed by atoms with Gasteiger partial charge in [-0.25, -0.2) is 4.98 Å². The molecular weight excluding hydrogens is 505 g/mol. The maximum absolute atomic E-state index is 13.5. The van der Waals surface area contributed by atoms with Crippen LogP contribution in [0.2, 0.25) is 0 Å². The Kier molecular flexibility index (Phi) is 6.82. The fourth-order valence-electron chi connectivity index (χ4n) is 4.45. The molecule has 194 valence electrons. The molecule has 3 N–H and O–H groups in total. The molecule has 1 saturated heterocycles. The van der Waals surface area contributed by atoms with Crippen LogP contribution >= 0.6 is 11.3 Å². The number of benzene rings is 2. The summed E-state index contributed by atoms with van der Waals surface area (Å²) < 4.78 is 54.4. The molecule has 0 bridgehead atoms. The highest BCUT2D eigenvalue weighted by atomic mass is 32.1. The lowest BCUT2D eigenvalue weighted by Gasteiger charge is -2.23. The Labute approximate surface area is 215 Å². The summed E-state index contributed by atoms with van der Waals surface area (Å²) in [6.45, 7) is 3.32. The van der Waals surface area contributed by atoms with Crippen LogP contribution in [0.1, 0.15) is 46.7 Å². The summed E-state index contributed by atoms with van der Waals surface area (Å²) in [6.07, 6.45) is -1.95. The number of fused-ring (bicyclic) bond motifs is 1. The number of nitrogens with zero attached hydrogens (tertiary/aromatic N) is 2. The number of thiophene rings is 1. The minimum atomic E-state index is -4.54. The normalized spacial score (nSPS) is 15.6. The monoisotopic (exact) mass is 530 g/mol. The molecule has 0 saturated carbocycles. The molecule has 1 aliphatic rings. The number of hydrogen-bond acceptors (Lipinski definition) is 6. The van der Waals surface area contributed by atoms with Crippen molar-refractivity contribution in [2.45, 2.75) is 38.1 Å². The van der Waals surface area contributed by atoms with Gasteiger partial charge in [0.2, 0.25) is 0 Å². The molecule has 7 nitrogen and oxygen atoms in total. The number of aromatic nitrogens is 2. The number of alkyl halides is 3. The summed E-state index contributed by atoms with van der Waals surface area (Å²) in [5.74, 6) is 0.0875. The van der Waals surface area contributed by atoms with Crippen LogP contribution in [0.25, 0.3) is 16.0 Å². The molecule has 1 aliphatic heterocycles. The van der Waals surface area contributed by atoms with Gasteiger partial charge in [0.05, 0.1) is 16.6 Å². The van der Waals surface area contributed by atoms with E-state index in [1.807, 2.05) is 18.2 Å². The van der Waals surface area contributed by atoms with Crippen LogP contribution < -0.4 is 20.5 Å². The van der Waals surface area contributed by atoms with Crippen LogP contribution in [0.4, 0.5) is 13.2 Å². The number of primary amides is 1. The molecule has 1 atom stereocenters. The summed E-state index contributed by atoms with van der Waals surface area (Å²) >= 11 is 1.08. The first kappa shape index (κ1) is 25.1. The van der Waals surface area contributed by atoms with Gasteiger partial charge in [-0.05, 0) is 51.1 Å². The number of amides is 1. The van der Waals surface area contributed by atoms with Crippen molar-refractivity contribution in [3.63, 3.8) is 0 Å².